The highest BCUT2D eigenvalue weighted by atomic mass is 32.2. The van der Waals surface area contributed by atoms with Gasteiger partial charge in [-0.3, -0.25) is 4.79 Å². The molecule has 0 fully saturated rings. The molecule has 1 aromatic heterocycles. The van der Waals surface area contributed by atoms with Crippen LogP contribution in [0.3, 0.4) is 0 Å². The first kappa shape index (κ1) is 18.1. The SMILES string of the molecule is Cc1ccc(S[C@H](C)C(=O)OCc2cc(=O)oc3cc(O)ccc23)cc1. The Labute approximate surface area is 154 Å². The Bertz CT molecular complexity index is 991. The van der Waals surface area contributed by atoms with E-state index < -0.39 is 5.63 Å². The number of fused-ring (bicyclic) bond motifs is 1. The van der Waals surface area contributed by atoms with Crippen LogP contribution in [0.15, 0.2) is 62.6 Å². The maximum Gasteiger partial charge on any atom is 0.336 e. The van der Waals surface area contributed by atoms with Crippen molar-refractivity contribution in [2.24, 2.45) is 0 Å². The summed E-state index contributed by atoms with van der Waals surface area (Å²) in [6, 6.07) is 13.7. The Kier molecular flexibility index (Phi) is 5.32. The Balaban J connectivity index is 1.70. The third-order valence-electron chi connectivity index (χ3n) is 3.85. The molecule has 26 heavy (non-hydrogen) atoms. The Morgan fingerprint density at radius 2 is 1.92 bits per heavy atom. The lowest BCUT2D eigenvalue weighted by Crippen LogP contribution is -2.17. The van der Waals surface area contributed by atoms with Gasteiger partial charge >= 0.3 is 11.6 Å². The molecule has 0 amide bonds. The molecule has 1 atom stereocenters. The van der Waals surface area contributed by atoms with E-state index in [1.54, 1.807) is 13.0 Å². The Morgan fingerprint density at radius 3 is 2.65 bits per heavy atom. The molecule has 0 saturated heterocycles. The van der Waals surface area contributed by atoms with E-state index in [0.29, 0.717) is 10.9 Å². The number of hydrogen-bond acceptors (Lipinski definition) is 6. The topological polar surface area (TPSA) is 76.7 Å². The molecule has 0 bridgehead atoms. The molecule has 0 spiro atoms. The standard InChI is InChI=1S/C20H18O5S/c1-12-3-6-16(7-4-12)26-13(2)20(23)24-11-14-9-19(22)25-18-10-15(21)5-8-17(14)18/h3-10,13,21H,11H2,1-2H3/t13-/m1/s1. The minimum Gasteiger partial charge on any atom is -0.508 e. The van der Waals surface area contributed by atoms with Crippen LogP contribution in [0.4, 0.5) is 0 Å². The van der Waals surface area contributed by atoms with E-state index in [1.165, 1.54) is 30.0 Å². The van der Waals surface area contributed by atoms with Gasteiger partial charge in [0.2, 0.25) is 0 Å². The molecule has 134 valence electrons. The Hall–Kier alpha value is -2.73. The van der Waals surface area contributed by atoms with Crippen LogP contribution in [0.5, 0.6) is 5.75 Å². The first-order chi connectivity index (χ1) is 12.4. The molecule has 3 rings (SSSR count). The van der Waals surface area contributed by atoms with E-state index in [4.69, 9.17) is 9.15 Å². The molecular weight excluding hydrogens is 352 g/mol. The molecule has 2 aromatic carbocycles. The summed E-state index contributed by atoms with van der Waals surface area (Å²) in [5.74, 6) is -0.367. The molecular formula is C20H18O5S. The van der Waals surface area contributed by atoms with Crippen LogP contribution in [-0.2, 0) is 16.1 Å². The second kappa shape index (κ2) is 7.66. The van der Waals surface area contributed by atoms with Crippen LogP contribution in [0.25, 0.3) is 11.0 Å². The number of thioether (sulfide) groups is 1. The van der Waals surface area contributed by atoms with E-state index in [-0.39, 0.29) is 29.2 Å². The van der Waals surface area contributed by atoms with Gasteiger partial charge in [-0.2, -0.15) is 0 Å². The van der Waals surface area contributed by atoms with E-state index in [0.717, 1.165) is 10.5 Å². The first-order valence-electron chi connectivity index (χ1n) is 8.08. The lowest BCUT2D eigenvalue weighted by Gasteiger charge is -2.12. The van der Waals surface area contributed by atoms with E-state index in [2.05, 4.69) is 0 Å². The van der Waals surface area contributed by atoms with Gasteiger partial charge in [0.1, 0.15) is 23.2 Å². The fourth-order valence-corrected chi connectivity index (χ4v) is 3.34. The van der Waals surface area contributed by atoms with Crippen molar-refractivity contribution in [3.05, 3.63) is 70.1 Å². The number of carbonyl (C=O) groups excluding carboxylic acids is 1. The fraction of sp³-hybridized carbons (Fsp3) is 0.200. The number of esters is 1. The summed E-state index contributed by atoms with van der Waals surface area (Å²) in [7, 11) is 0. The van der Waals surface area contributed by atoms with Crippen molar-refractivity contribution in [3.8, 4) is 5.75 Å². The van der Waals surface area contributed by atoms with Gasteiger partial charge in [0.05, 0.1) is 0 Å². The van der Waals surface area contributed by atoms with Crippen LogP contribution < -0.4 is 5.63 Å². The van der Waals surface area contributed by atoms with Gasteiger partial charge in [-0.05, 0) is 38.1 Å². The van der Waals surface area contributed by atoms with Crippen molar-refractivity contribution in [3.63, 3.8) is 0 Å². The largest absolute Gasteiger partial charge is 0.508 e. The van der Waals surface area contributed by atoms with Gasteiger partial charge in [-0.25, -0.2) is 4.79 Å². The normalized spacial score (nSPS) is 12.1. The summed E-state index contributed by atoms with van der Waals surface area (Å²) in [6.07, 6.45) is 0. The maximum absolute atomic E-state index is 12.3. The average Bonchev–Trinajstić information content (AvgIpc) is 2.60. The number of phenols is 1. The zero-order valence-electron chi connectivity index (χ0n) is 14.4. The summed E-state index contributed by atoms with van der Waals surface area (Å²) in [6.45, 7) is 3.75. The van der Waals surface area contributed by atoms with Crippen LogP contribution in [0.2, 0.25) is 0 Å². The highest BCUT2D eigenvalue weighted by molar-refractivity contribution is 8.00. The Morgan fingerprint density at radius 1 is 1.19 bits per heavy atom. The zero-order valence-corrected chi connectivity index (χ0v) is 15.2. The molecule has 6 heteroatoms. The van der Waals surface area contributed by atoms with Gasteiger partial charge in [-0.1, -0.05) is 17.7 Å². The van der Waals surface area contributed by atoms with Crippen LogP contribution in [0, 0.1) is 6.92 Å². The molecule has 0 aliphatic carbocycles. The second-order valence-electron chi connectivity index (χ2n) is 5.95. The van der Waals surface area contributed by atoms with E-state index in [1.807, 2.05) is 31.2 Å². The number of rotatable bonds is 5. The average molecular weight is 370 g/mol. The number of hydrogen-bond donors (Lipinski definition) is 1. The van der Waals surface area contributed by atoms with Crippen molar-refractivity contribution < 1.29 is 19.1 Å². The lowest BCUT2D eigenvalue weighted by atomic mass is 10.1. The molecule has 1 N–H and O–H groups in total. The minimum atomic E-state index is -0.559. The summed E-state index contributed by atoms with van der Waals surface area (Å²) >= 11 is 1.42. The minimum absolute atomic E-state index is 0.00193. The highest BCUT2D eigenvalue weighted by Crippen LogP contribution is 2.26. The molecule has 0 saturated carbocycles. The molecule has 0 unspecified atom stereocenters. The van der Waals surface area contributed by atoms with Crippen LogP contribution >= 0.6 is 11.8 Å². The van der Waals surface area contributed by atoms with Gasteiger partial charge in [0.15, 0.2) is 0 Å². The van der Waals surface area contributed by atoms with Crippen molar-refractivity contribution in [1.82, 2.24) is 0 Å². The van der Waals surface area contributed by atoms with Gasteiger partial charge < -0.3 is 14.3 Å². The predicted octanol–water partition coefficient (Wildman–Crippen LogP) is 4.03. The molecule has 5 nitrogen and oxygen atoms in total. The monoisotopic (exact) mass is 370 g/mol. The summed E-state index contributed by atoms with van der Waals surface area (Å²) in [5, 5.41) is 9.75. The van der Waals surface area contributed by atoms with Crippen molar-refractivity contribution in [1.29, 1.82) is 0 Å². The summed E-state index contributed by atoms with van der Waals surface area (Å²) in [5.41, 5.74) is 1.39. The van der Waals surface area contributed by atoms with Gasteiger partial charge in [0.25, 0.3) is 0 Å². The number of aryl methyl sites for hydroxylation is 1. The predicted molar refractivity (Wildman–Crippen MR) is 100 cm³/mol. The number of carbonyl (C=O) groups is 1. The van der Waals surface area contributed by atoms with Crippen LogP contribution in [0.1, 0.15) is 18.1 Å². The first-order valence-corrected chi connectivity index (χ1v) is 8.96. The molecule has 0 radical (unpaired) electrons. The number of ether oxygens (including phenoxy) is 1. The molecule has 1 heterocycles. The summed E-state index contributed by atoms with van der Waals surface area (Å²) in [4.78, 5) is 24.9. The van der Waals surface area contributed by atoms with E-state index >= 15 is 0 Å². The quantitative estimate of drug-likeness (QED) is 0.415. The summed E-state index contributed by atoms with van der Waals surface area (Å²) < 4.78 is 10.4. The maximum atomic E-state index is 12.3. The zero-order chi connectivity index (χ0) is 18.7. The third kappa shape index (κ3) is 4.26. The van der Waals surface area contributed by atoms with Crippen molar-refractivity contribution in [2.45, 2.75) is 30.6 Å². The number of phenolic OH excluding ortho intramolecular Hbond substituents is 1. The fourth-order valence-electron chi connectivity index (χ4n) is 2.47. The number of benzene rings is 2. The molecule has 3 aromatic rings. The van der Waals surface area contributed by atoms with Gasteiger partial charge in [0, 0.05) is 28.0 Å². The van der Waals surface area contributed by atoms with Crippen LogP contribution in [-0.4, -0.2) is 16.3 Å². The van der Waals surface area contributed by atoms with Gasteiger partial charge in [-0.15, -0.1) is 11.8 Å². The highest BCUT2D eigenvalue weighted by Gasteiger charge is 2.17. The molecule has 0 aliphatic heterocycles. The number of aromatic hydroxyl groups is 1. The lowest BCUT2D eigenvalue weighted by molar-refractivity contribution is -0.143. The van der Waals surface area contributed by atoms with Crippen molar-refractivity contribution >= 4 is 28.7 Å². The van der Waals surface area contributed by atoms with E-state index in [9.17, 15) is 14.7 Å². The smallest absolute Gasteiger partial charge is 0.336 e. The second-order valence-corrected chi connectivity index (χ2v) is 7.37. The van der Waals surface area contributed by atoms with Crippen molar-refractivity contribution in [2.75, 3.05) is 0 Å². The third-order valence-corrected chi connectivity index (χ3v) is 4.94. The molecule has 0 aliphatic rings.